The lowest BCUT2D eigenvalue weighted by atomic mass is 9.87. The zero-order chi connectivity index (χ0) is 15.5. The number of ether oxygens (including phenoxy) is 1. The molecule has 0 aliphatic heterocycles. The number of aromatic nitrogens is 3. The third-order valence-electron chi connectivity index (χ3n) is 3.13. The Balaban J connectivity index is 1.92. The lowest BCUT2D eigenvalue weighted by Gasteiger charge is -2.19. The van der Waals surface area contributed by atoms with Gasteiger partial charge in [0.15, 0.2) is 5.69 Å². The van der Waals surface area contributed by atoms with Crippen LogP contribution in [0.25, 0.3) is 0 Å². The molecule has 0 saturated carbocycles. The van der Waals surface area contributed by atoms with Crippen molar-refractivity contribution in [2.45, 2.75) is 32.7 Å². The van der Waals surface area contributed by atoms with E-state index in [0.29, 0.717) is 13.2 Å². The highest BCUT2D eigenvalue weighted by molar-refractivity contribution is 5.85. The predicted molar refractivity (Wildman–Crippen MR) is 77.6 cm³/mol. The summed E-state index contributed by atoms with van der Waals surface area (Å²) in [5.74, 6) is -0.297. The normalized spacial score (nSPS) is 11.4. The molecule has 0 fully saturated rings. The molecule has 0 radical (unpaired) electrons. The van der Waals surface area contributed by atoms with Crippen LogP contribution in [0.2, 0.25) is 0 Å². The van der Waals surface area contributed by atoms with Crippen LogP contribution in [-0.4, -0.2) is 32.7 Å². The molecule has 0 unspecified atom stereocenters. The van der Waals surface area contributed by atoms with Gasteiger partial charge in [-0.15, -0.1) is 5.10 Å². The molecule has 1 N–H and O–H groups in total. The molecule has 112 valence electrons. The van der Waals surface area contributed by atoms with E-state index in [1.54, 1.807) is 0 Å². The Labute approximate surface area is 123 Å². The summed E-state index contributed by atoms with van der Waals surface area (Å²) in [7, 11) is 0. The number of carbonyl (C=O) groups is 1. The number of aromatic carboxylic acids is 1. The average Bonchev–Trinajstić information content (AvgIpc) is 2.87. The van der Waals surface area contributed by atoms with E-state index in [-0.39, 0.29) is 11.1 Å². The van der Waals surface area contributed by atoms with Gasteiger partial charge in [-0.25, -0.2) is 9.48 Å². The first kappa shape index (κ1) is 15.0. The van der Waals surface area contributed by atoms with Gasteiger partial charge in [0.2, 0.25) is 0 Å². The van der Waals surface area contributed by atoms with E-state index in [9.17, 15) is 4.79 Å². The summed E-state index contributed by atoms with van der Waals surface area (Å²) in [5, 5.41) is 16.2. The highest BCUT2D eigenvalue weighted by Crippen LogP contribution is 2.24. The fraction of sp³-hybridized carbons (Fsp3) is 0.400. The highest BCUT2D eigenvalue weighted by atomic mass is 16.5. The number of benzene rings is 1. The average molecular weight is 289 g/mol. The van der Waals surface area contributed by atoms with Crippen molar-refractivity contribution in [3.8, 4) is 5.75 Å². The Hall–Kier alpha value is -2.37. The fourth-order valence-electron chi connectivity index (χ4n) is 1.89. The first-order chi connectivity index (χ1) is 9.88. The molecule has 0 aliphatic rings. The van der Waals surface area contributed by atoms with E-state index in [0.717, 1.165) is 5.75 Å². The molecular weight excluding hydrogens is 270 g/mol. The summed E-state index contributed by atoms with van der Waals surface area (Å²) in [6.45, 7) is 7.13. The van der Waals surface area contributed by atoms with Crippen molar-refractivity contribution in [2.24, 2.45) is 0 Å². The van der Waals surface area contributed by atoms with Crippen molar-refractivity contribution in [1.82, 2.24) is 15.0 Å². The van der Waals surface area contributed by atoms with Crippen molar-refractivity contribution in [2.75, 3.05) is 6.61 Å². The number of nitrogens with zero attached hydrogens (tertiary/aromatic N) is 3. The Morgan fingerprint density at radius 3 is 2.52 bits per heavy atom. The third kappa shape index (κ3) is 3.81. The van der Waals surface area contributed by atoms with Crippen LogP contribution in [0.5, 0.6) is 5.75 Å². The molecule has 0 aliphatic carbocycles. The first-order valence-corrected chi connectivity index (χ1v) is 6.73. The van der Waals surface area contributed by atoms with Crippen molar-refractivity contribution >= 4 is 5.97 Å². The minimum Gasteiger partial charge on any atom is -0.492 e. The summed E-state index contributed by atoms with van der Waals surface area (Å²) in [6.07, 6.45) is 1.22. The molecule has 0 spiro atoms. The Morgan fingerprint density at radius 2 is 1.95 bits per heavy atom. The fourth-order valence-corrected chi connectivity index (χ4v) is 1.89. The number of hydrogen-bond acceptors (Lipinski definition) is 4. The molecule has 1 aromatic heterocycles. The van der Waals surface area contributed by atoms with E-state index in [1.807, 2.05) is 24.3 Å². The van der Waals surface area contributed by atoms with Gasteiger partial charge >= 0.3 is 5.97 Å². The lowest BCUT2D eigenvalue weighted by Crippen LogP contribution is -2.15. The van der Waals surface area contributed by atoms with E-state index >= 15 is 0 Å². The smallest absolute Gasteiger partial charge is 0.355 e. The van der Waals surface area contributed by atoms with Crippen LogP contribution in [-0.2, 0) is 12.0 Å². The second-order valence-electron chi connectivity index (χ2n) is 5.77. The van der Waals surface area contributed by atoms with Gasteiger partial charge in [0.25, 0.3) is 0 Å². The summed E-state index contributed by atoms with van der Waals surface area (Å²) in [6, 6.07) is 7.90. The zero-order valence-corrected chi connectivity index (χ0v) is 12.4. The van der Waals surface area contributed by atoms with Crippen LogP contribution in [0.3, 0.4) is 0 Å². The minimum atomic E-state index is -1.05. The number of rotatable bonds is 5. The SMILES string of the molecule is CC(C)(C)c1ccc(OCCn2nncc2C(=O)O)cc1. The van der Waals surface area contributed by atoms with Gasteiger partial charge in [-0.2, -0.15) is 0 Å². The third-order valence-corrected chi connectivity index (χ3v) is 3.13. The molecule has 1 heterocycles. The Morgan fingerprint density at radius 1 is 1.29 bits per heavy atom. The van der Waals surface area contributed by atoms with Crippen molar-refractivity contribution in [3.05, 3.63) is 41.7 Å². The van der Waals surface area contributed by atoms with E-state index in [2.05, 4.69) is 31.1 Å². The van der Waals surface area contributed by atoms with Crippen LogP contribution in [0.4, 0.5) is 0 Å². The Kier molecular flexibility index (Phi) is 4.26. The van der Waals surface area contributed by atoms with Gasteiger partial charge in [0.1, 0.15) is 12.4 Å². The molecule has 1 aromatic carbocycles. The van der Waals surface area contributed by atoms with Gasteiger partial charge in [-0.3, -0.25) is 0 Å². The Bertz CT molecular complexity index is 612. The van der Waals surface area contributed by atoms with Crippen molar-refractivity contribution < 1.29 is 14.6 Å². The van der Waals surface area contributed by atoms with Crippen LogP contribution >= 0.6 is 0 Å². The van der Waals surface area contributed by atoms with Gasteiger partial charge in [0.05, 0.1) is 12.7 Å². The van der Waals surface area contributed by atoms with Crippen LogP contribution in [0.15, 0.2) is 30.5 Å². The maximum atomic E-state index is 10.9. The van der Waals surface area contributed by atoms with Crippen molar-refractivity contribution in [1.29, 1.82) is 0 Å². The quantitative estimate of drug-likeness (QED) is 0.914. The molecule has 0 saturated heterocycles. The molecule has 6 heteroatoms. The zero-order valence-electron chi connectivity index (χ0n) is 12.4. The van der Waals surface area contributed by atoms with E-state index in [1.165, 1.54) is 16.4 Å². The molecule has 6 nitrogen and oxygen atoms in total. The second-order valence-corrected chi connectivity index (χ2v) is 5.77. The van der Waals surface area contributed by atoms with Gasteiger partial charge in [-0.05, 0) is 23.1 Å². The molecule has 2 rings (SSSR count). The first-order valence-electron chi connectivity index (χ1n) is 6.73. The maximum Gasteiger partial charge on any atom is 0.355 e. The topological polar surface area (TPSA) is 77.2 Å². The van der Waals surface area contributed by atoms with Gasteiger partial charge in [-0.1, -0.05) is 38.1 Å². The molecular formula is C15H19N3O3. The summed E-state index contributed by atoms with van der Waals surface area (Å²) < 4.78 is 6.91. The summed E-state index contributed by atoms with van der Waals surface area (Å²) in [4.78, 5) is 10.9. The van der Waals surface area contributed by atoms with Gasteiger partial charge < -0.3 is 9.84 Å². The predicted octanol–water partition coefficient (Wildman–Crippen LogP) is 2.35. The maximum absolute atomic E-state index is 10.9. The van der Waals surface area contributed by atoms with E-state index < -0.39 is 5.97 Å². The molecule has 0 atom stereocenters. The second kappa shape index (κ2) is 5.95. The number of hydrogen-bond donors (Lipinski definition) is 1. The molecule has 0 amide bonds. The van der Waals surface area contributed by atoms with Crippen LogP contribution in [0, 0.1) is 0 Å². The minimum absolute atomic E-state index is 0.0571. The largest absolute Gasteiger partial charge is 0.492 e. The van der Waals surface area contributed by atoms with Gasteiger partial charge in [0, 0.05) is 0 Å². The summed E-state index contributed by atoms with van der Waals surface area (Å²) >= 11 is 0. The molecule has 2 aromatic rings. The summed E-state index contributed by atoms with van der Waals surface area (Å²) in [5.41, 5.74) is 1.40. The lowest BCUT2D eigenvalue weighted by molar-refractivity contribution is 0.0682. The van der Waals surface area contributed by atoms with E-state index in [4.69, 9.17) is 9.84 Å². The van der Waals surface area contributed by atoms with Crippen LogP contribution < -0.4 is 4.74 Å². The monoisotopic (exact) mass is 289 g/mol. The molecule has 21 heavy (non-hydrogen) atoms. The molecule has 0 bridgehead atoms. The number of carboxylic acids is 1. The highest BCUT2D eigenvalue weighted by Gasteiger charge is 2.13. The standard InChI is InChI=1S/C15H19N3O3/c1-15(2,3)11-4-6-12(7-5-11)21-9-8-18-13(14(19)20)10-16-17-18/h4-7,10H,8-9H2,1-3H3,(H,19,20). The van der Waals surface area contributed by atoms with Crippen LogP contribution in [0.1, 0.15) is 36.8 Å². The number of carboxylic acid groups (broad SMARTS) is 1. The van der Waals surface area contributed by atoms with Crippen molar-refractivity contribution in [3.63, 3.8) is 0 Å².